The summed E-state index contributed by atoms with van der Waals surface area (Å²) in [6.45, 7) is 8.03. The van der Waals surface area contributed by atoms with Crippen LogP contribution in [0.1, 0.15) is 51.9 Å². The Balaban J connectivity index is 1.42. The van der Waals surface area contributed by atoms with Gasteiger partial charge in [-0.1, -0.05) is 74.0 Å². The minimum atomic E-state index is -3.98. The molecule has 0 bridgehead atoms. The molecule has 8 nitrogen and oxygen atoms in total. The lowest BCUT2D eigenvalue weighted by atomic mass is 10.0. The standard InChI is InChI=1S/C35H36N2O6S/c1-5-6-16-33-36-30-22-21-27(43-44(39,40)28-12-8-7-9-13-28)23-31(30)37(33)24-25-17-19-26(20-18-25)29-14-10-11-15-32(29)41-34(38)42-35(2,3)4/h7-15,17-23H,5-6,16,24H2,1-4H3. The summed E-state index contributed by atoms with van der Waals surface area (Å²) in [4.78, 5) is 17.3. The summed E-state index contributed by atoms with van der Waals surface area (Å²) < 4.78 is 44.2. The van der Waals surface area contributed by atoms with Gasteiger partial charge in [-0.3, -0.25) is 0 Å². The largest absolute Gasteiger partial charge is 0.514 e. The average Bonchev–Trinajstić information content (AvgIpc) is 3.32. The third kappa shape index (κ3) is 7.47. The van der Waals surface area contributed by atoms with Crippen LogP contribution in [0.4, 0.5) is 4.79 Å². The molecule has 0 N–H and O–H groups in total. The number of carbonyl (C=O) groups excluding carboxylic acids is 1. The van der Waals surface area contributed by atoms with Gasteiger partial charge >= 0.3 is 16.3 Å². The minimum absolute atomic E-state index is 0.0930. The summed E-state index contributed by atoms with van der Waals surface area (Å²) in [6, 6.07) is 28.6. The van der Waals surface area contributed by atoms with Crippen LogP contribution in [0.5, 0.6) is 11.5 Å². The molecular weight excluding hydrogens is 576 g/mol. The molecule has 0 radical (unpaired) electrons. The number of carbonyl (C=O) groups is 1. The SMILES string of the molecule is CCCCc1nc2ccc(OS(=O)(=O)c3ccccc3)cc2n1Cc1ccc(-c2ccccc2OC(=O)OC(C)(C)C)cc1. The second-order valence-corrected chi connectivity index (χ2v) is 13.0. The van der Waals surface area contributed by atoms with Crippen molar-refractivity contribution in [3.8, 4) is 22.6 Å². The maximum absolute atomic E-state index is 12.9. The lowest BCUT2D eigenvalue weighted by molar-refractivity contribution is 0.0207. The van der Waals surface area contributed by atoms with Gasteiger partial charge in [0.05, 0.1) is 11.0 Å². The van der Waals surface area contributed by atoms with Crippen molar-refractivity contribution in [2.75, 3.05) is 0 Å². The van der Waals surface area contributed by atoms with Gasteiger partial charge in [0.25, 0.3) is 0 Å². The van der Waals surface area contributed by atoms with Crippen LogP contribution in [0.15, 0.2) is 102 Å². The number of hydrogen-bond donors (Lipinski definition) is 0. The fourth-order valence-electron chi connectivity index (χ4n) is 4.80. The van der Waals surface area contributed by atoms with Crippen molar-refractivity contribution in [3.63, 3.8) is 0 Å². The van der Waals surface area contributed by atoms with Gasteiger partial charge in [-0.15, -0.1) is 0 Å². The molecule has 0 aliphatic heterocycles. The van der Waals surface area contributed by atoms with Crippen LogP contribution in [0.25, 0.3) is 22.2 Å². The van der Waals surface area contributed by atoms with Crippen LogP contribution in [0.3, 0.4) is 0 Å². The lowest BCUT2D eigenvalue weighted by Gasteiger charge is -2.19. The van der Waals surface area contributed by atoms with E-state index in [0.29, 0.717) is 12.3 Å². The molecule has 0 spiro atoms. The van der Waals surface area contributed by atoms with Crippen molar-refractivity contribution in [3.05, 3.63) is 108 Å². The molecular formula is C35H36N2O6S. The number of unbranched alkanes of at least 4 members (excludes halogenated alkanes) is 1. The summed E-state index contributed by atoms with van der Waals surface area (Å²) in [7, 11) is -3.98. The van der Waals surface area contributed by atoms with Crippen molar-refractivity contribution in [2.45, 2.75) is 64.0 Å². The van der Waals surface area contributed by atoms with Gasteiger partial charge < -0.3 is 18.2 Å². The number of imidazole rings is 1. The van der Waals surface area contributed by atoms with Crippen LogP contribution in [0.2, 0.25) is 0 Å². The average molecular weight is 613 g/mol. The summed E-state index contributed by atoms with van der Waals surface area (Å²) in [5, 5.41) is 0. The molecule has 1 aromatic heterocycles. The number of rotatable bonds is 10. The van der Waals surface area contributed by atoms with E-state index in [1.807, 2.05) is 42.5 Å². The Kier molecular flexibility index (Phi) is 9.06. The summed E-state index contributed by atoms with van der Waals surface area (Å²) in [5.41, 5.74) is 3.57. The number of aromatic nitrogens is 2. The Labute approximate surface area is 258 Å². The third-order valence-electron chi connectivity index (χ3n) is 6.87. The van der Waals surface area contributed by atoms with Crippen LogP contribution in [-0.4, -0.2) is 29.7 Å². The molecule has 0 aliphatic rings. The van der Waals surface area contributed by atoms with E-state index in [1.54, 1.807) is 63.2 Å². The van der Waals surface area contributed by atoms with Crippen molar-refractivity contribution >= 4 is 27.3 Å². The van der Waals surface area contributed by atoms with E-state index in [-0.39, 0.29) is 10.6 Å². The van der Waals surface area contributed by atoms with Crippen molar-refractivity contribution < 1.29 is 26.9 Å². The highest BCUT2D eigenvalue weighted by molar-refractivity contribution is 7.87. The first-order valence-electron chi connectivity index (χ1n) is 14.6. The summed E-state index contributed by atoms with van der Waals surface area (Å²) in [5.74, 6) is 1.56. The number of ether oxygens (including phenoxy) is 2. The second kappa shape index (κ2) is 12.9. The van der Waals surface area contributed by atoms with Crippen molar-refractivity contribution in [1.29, 1.82) is 0 Å². The van der Waals surface area contributed by atoms with Crippen LogP contribution < -0.4 is 8.92 Å². The quantitative estimate of drug-likeness (QED) is 0.0891. The zero-order valence-corrected chi connectivity index (χ0v) is 26.1. The maximum Gasteiger partial charge on any atom is 0.514 e. The number of hydrogen-bond acceptors (Lipinski definition) is 7. The molecule has 5 rings (SSSR count). The third-order valence-corrected chi connectivity index (χ3v) is 8.13. The zero-order chi connectivity index (χ0) is 31.3. The summed E-state index contributed by atoms with van der Waals surface area (Å²) in [6.07, 6.45) is 2.03. The van der Waals surface area contributed by atoms with Gasteiger partial charge in [-0.25, -0.2) is 9.78 Å². The number of nitrogens with zero attached hydrogens (tertiary/aromatic N) is 2. The van der Waals surface area contributed by atoms with E-state index in [0.717, 1.165) is 52.8 Å². The molecule has 9 heteroatoms. The predicted molar refractivity (Wildman–Crippen MR) is 170 cm³/mol. The van der Waals surface area contributed by atoms with E-state index in [4.69, 9.17) is 18.6 Å². The number of para-hydroxylation sites is 1. The Morgan fingerprint density at radius 2 is 1.59 bits per heavy atom. The first-order valence-corrected chi connectivity index (χ1v) is 16.0. The summed E-state index contributed by atoms with van der Waals surface area (Å²) >= 11 is 0. The maximum atomic E-state index is 12.9. The fourth-order valence-corrected chi connectivity index (χ4v) is 5.74. The second-order valence-electron chi connectivity index (χ2n) is 11.5. The Hall–Kier alpha value is -4.63. The molecule has 4 aromatic carbocycles. The molecule has 0 amide bonds. The Morgan fingerprint density at radius 1 is 0.886 bits per heavy atom. The molecule has 0 atom stereocenters. The van der Waals surface area contributed by atoms with Gasteiger partial charge in [0, 0.05) is 24.6 Å². The molecule has 0 saturated carbocycles. The van der Waals surface area contributed by atoms with E-state index >= 15 is 0 Å². The molecule has 0 unspecified atom stereocenters. The van der Waals surface area contributed by atoms with E-state index in [1.165, 1.54) is 12.1 Å². The van der Waals surface area contributed by atoms with E-state index in [9.17, 15) is 13.2 Å². The number of aryl methyl sites for hydroxylation is 1. The highest BCUT2D eigenvalue weighted by Gasteiger charge is 2.20. The first-order chi connectivity index (χ1) is 21.0. The number of benzene rings is 4. The Bertz CT molecular complexity index is 1860. The monoisotopic (exact) mass is 612 g/mol. The van der Waals surface area contributed by atoms with Gasteiger partial charge in [-0.05, 0) is 68.7 Å². The normalized spacial score (nSPS) is 11.8. The van der Waals surface area contributed by atoms with Crippen LogP contribution in [0, 0.1) is 0 Å². The minimum Gasteiger partial charge on any atom is -0.428 e. The van der Waals surface area contributed by atoms with Gasteiger partial charge in [-0.2, -0.15) is 8.42 Å². The molecule has 1 heterocycles. The van der Waals surface area contributed by atoms with Gasteiger partial charge in [0.1, 0.15) is 27.8 Å². The lowest BCUT2D eigenvalue weighted by Crippen LogP contribution is -2.26. The highest BCUT2D eigenvalue weighted by Crippen LogP contribution is 2.32. The molecule has 44 heavy (non-hydrogen) atoms. The topological polar surface area (TPSA) is 96.7 Å². The predicted octanol–water partition coefficient (Wildman–Crippen LogP) is 8.18. The zero-order valence-electron chi connectivity index (χ0n) is 25.3. The molecule has 0 aliphatic carbocycles. The van der Waals surface area contributed by atoms with Crippen molar-refractivity contribution in [2.24, 2.45) is 0 Å². The van der Waals surface area contributed by atoms with Crippen LogP contribution in [-0.2, 0) is 27.8 Å². The molecule has 0 fully saturated rings. The van der Waals surface area contributed by atoms with Crippen LogP contribution >= 0.6 is 0 Å². The fraction of sp³-hybridized carbons (Fsp3) is 0.257. The Morgan fingerprint density at radius 3 is 2.30 bits per heavy atom. The van der Waals surface area contributed by atoms with E-state index in [2.05, 4.69) is 11.5 Å². The van der Waals surface area contributed by atoms with Gasteiger partial charge in [0.15, 0.2) is 0 Å². The van der Waals surface area contributed by atoms with Gasteiger partial charge in [0.2, 0.25) is 0 Å². The highest BCUT2D eigenvalue weighted by atomic mass is 32.2. The molecule has 0 saturated heterocycles. The molecule has 228 valence electrons. The molecule has 5 aromatic rings. The van der Waals surface area contributed by atoms with Crippen molar-refractivity contribution in [1.82, 2.24) is 9.55 Å². The smallest absolute Gasteiger partial charge is 0.428 e. The first kappa shape index (κ1) is 30.8. The number of fused-ring (bicyclic) bond motifs is 1. The van der Waals surface area contributed by atoms with E-state index < -0.39 is 21.9 Å².